The largest absolute Gasteiger partial charge is 0.399 e. The number of hydrogen-bond acceptors (Lipinski definition) is 5. The van der Waals surface area contributed by atoms with Gasteiger partial charge >= 0.3 is 0 Å². The van der Waals surface area contributed by atoms with Crippen molar-refractivity contribution >= 4 is 33.7 Å². The molecule has 0 aliphatic carbocycles. The Kier molecular flexibility index (Phi) is 4.63. The van der Waals surface area contributed by atoms with Gasteiger partial charge in [0.05, 0.1) is 23.0 Å². The third kappa shape index (κ3) is 3.73. The summed E-state index contributed by atoms with van der Waals surface area (Å²) in [5, 5.41) is 7.46. The molecule has 2 aromatic carbocycles. The average Bonchev–Trinajstić information content (AvgIpc) is 3.01. The Morgan fingerprint density at radius 2 is 2.04 bits per heavy atom. The number of rotatable bonds is 5. The zero-order chi connectivity index (χ0) is 16.1. The molecule has 0 fully saturated rings. The van der Waals surface area contributed by atoms with Crippen LogP contribution in [0.5, 0.6) is 0 Å². The van der Waals surface area contributed by atoms with Crippen LogP contribution in [0.1, 0.15) is 20.9 Å². The number of carbonyl (C=O) groups is 1. The highest BCUT2D eigenvalue weighted by Gasteiger charge is 2.07. The molecule has 1 N–H and O–H groups in total. The molecule has 0 atom stereocenters. The van der Waals surface area contributed by atoms with Crippen molar-refractivity contribution in [2.24, 2.45) is 5.16 Å². The van der Waals surface area contributed by atoms with E-state index in [1.54, 1.807) is 29.7 Å². The molecule has 0 unspecified atom stereocenters. The van der Waals surface area contributed by atoms with Crippen molar-refractivity contribution in [2.75, 3.05) is 7.11 Å². The summed E-state index contributed by atoms with van der Waals surface area (Å²) >= 11 is 1.59. The third-order valence-corrected chi connectivity index (χ3v) is 4.25. The molecule has 0 radical (unpaired) electrons. The summed E-state index contributed by atoms with van der Waals surface area (Å²) in [6.07, 6.45) is 1.59. The molecule has 0 saturated carbocycles. The molecule has 5 nitrogen and oxygen atoms in total. The molecule has 116 valence electrons. The molecule has 0 bridgehead atoms. The van der Waals surface area contributed by atoms with Gasteiger partial charge in [-0.3, -0.25) is 4.79 Å². The first-order chi connectivity index (χ1) is 11.3. The van der Waals surface area contributed by atoms with Crippen LogP contribution in [0.25, 0.3) is 10.2 Å². The first kappa shape index (κ1) is 15.2. The number of hydrogen-bond donors (Lipinski definition) is 1. The zero-order valence-electron chi connectivity index (χ0n) is 12.5. The van der Waals surface area contributed by atoms with Gasteiger partial charge in [0, 0.05) is 5.56 Å². The van der Waals surface area contributed by atoms with Gasteiger partial charge < -0.3 is 10.2 Å². The van der Waals surface area contributed by atoms with Crippen LogP contribution in [0.4, 0.5) is 0 Å². The SMILES string of the molecule is CO/N=C/c1ccc(C(=O)NCc2nc3ccccc3s2)cc1. The van der Waals surface area contributed by atoms with Crippen molar-refractivity contribution < 1.29 is 9.63 Å². The van der Waals surface area contributed by atoms with Gasteiger partial charge in [0.1, 0.15) is 12.1 Å². The van der Waals surface area contributed by atoms with E-state index in [4.69, 9.17) is 0 Å². The summed E-state index contributed by atoms with van der Waals surface area (Å²) < 4.78 is 1.12. The van der Waals surface area contributed by atoms with Crippen molar-refractivity contribution in [3.63, 3.8) is 0 Å². The van der Waals surface area contributed by atoms with Crippen LogP contribution in [-0.4, -0.2) is 24.2 Å². The Balaban J connectivity index is 1.63. The Hall–Kier alpha value is -2.73. The minimum atomic E-state index is -0.125. The molecule has 23 heavy (non-hydrogen) atoms. The molecule has 1 heterocycles. The summed E-state index contributed by atoms with van der Waals surface area (Å²) in [4.78, 5) is 21.3. The molecule has 3 rings (SSSR count). The highest BCUT2D eigenvalue weighted by molar-refractivity contribution is 7.18. The number of oxime groups is 1. The van der Waals surface area contributed by atoms with E-state index in [0.29, 0.717) is 12.1 Å². The number of thiazole rings is 1. The Morgan fingerprint density at radius 3 is 2.78 bits per heavy atom. The van der Waals surface area contributed by atoms with Crippen molar-refractivity contribution in [3.8, 4) is 0 Å². The molecule has 0 spiro atoms. The molecular weight excluding hydrogens is 310 g/mol. The average molecular weight is 325 g/mol. The summed E-state index contributed by atoms with van der Waals surface area (Å²) in [6, 6.07) is 15.1. The Morgan fingerprint density at radius 1 is 1.26 bits per heavy atom. The smallest absolute Gasteiger partial charge is 0.251 e. The van der Waals surface area contributed by atoms with Gasteiger partial charge in [0.2, 0.25) is 0 Å². The van der Waals surface area contributed by atoms with Gasteiger partial charge in [-0.25, -0.2) is 4.98 Å². The summed E-state index contributed by atoms with van der Waals surface area (Å²) in [5.41, 5.74) is 2.43. The van der Waals surface area contributed by atoms with Gasteiger partial charge in [-0.05, 0) is 29.8 Å². The first-order valence-electron chi connectivity index (χ1n) is 7.05. The van der Waals surface area contributed by atoms with Gasteiger partial charge in [-0.1, -0.05) is 29.4 Å². The second kappa shape index (κ2) is 7.02. The predicted molar refractivity (Wildman–Crippen MR) is 91.8 cm³/mol. The summed E-state index contributed by atoms with van der Waals surface area (Å²) in [7, 11) is 1.49. The number of carbonyl (C=O) groups excluding carboxylic acids is 1. The number of nitrogens with one attached hydrogen (secondary N) is 1. The topological polar surface area (TPSA) is 63.6 Å². The van der Waals surface area contributed by atoms with Crippen molar-refractivity contribution in [3.05, 3.63) is 64.7 Å². The van der Waals surface area contributed by atoms with E-state index in [1.807, 2.05) is 36.4 Å². The number of aromatic nitrogens is 1. The van der Waals surface area contributed by atoms with E-state index in [0.717, 1.165) is 20.8 Å². The minimum absolute atomic E-state index is 0.125. The van der Waals surface area contributed by atoms with E-state index in [1.165, 1.54) is 7.11 Å². The van der Waals surface area contributed by atoms with Crippen LogP contribution in [0.3, 0.4) is 0 Å². The lowest BCUT2D eigenvalue weighted by Crippen LogP contribution is -2.22. The van der Waals surface area contributed by atoms with E-state index in [-0.39, 0.29) is 5.91 Å². The van der Waals surface area contributed by atoms with E-state index in [2.05, 4.69) is 20.3 Å². The molecule has 0 aliphatic heterocycles. The maximum Gasteiger partial charge on any atom is 0.251 e. The van der Waals surface area contributed by atoms with Gasteiger partial charge in [-0.2, -0.15) is 0 Å². The second-order valence-electron chi connectivity index (χ2n) is 4.80. The van der Waals surface area contributed by atoms with E-state index in [9.17, 15) is 4.79 Å². The lowest BCUT2D eigenvalue weighted by atomic mass is 10.1. The lowest BCUT2D eigenvalue weighted by molar-refractivity contribution is 0.0951. The van der Waals surface area contributed by atoms with Crippen molar-refractivity contribution in [1.82, 2.24) is 10.3 Å². The quantitative estimate of drug-likeness (QED) is 0.579. The number of fused-ring (bicyclic) bond motifs is 1. The van der Waals surface area contributed by atoms with Gasteiger partial charge in [-0.15, -0.1) is 11.3 Å². The number of benzene rings is 2. The standard InChI is InChI=1S/C17H15N3O2S/c1-22-19-10-12-6-8-13(9-7-12)17(21)18-11-16-20-14-4-2-3-5-15(14)23-16/h2-10H,11H2,1H3,(H,18,21)/b19-10+. The van der Waals surface area contributed by atoms with Gasteiger partial charge in [0.25, 0.3) is 5.91 Å². The number of para-hydroxylation sites is 1. The molecule has 1 aromatic heterocycles. The maximum absolute atomic E-state index is 12.2. The summed E-state index contributed by atoms with van der Waals surface area (Å²) in [5.74, 6) is -0.125. The van der Waals surface area contributed by atoms with Crippen LogP contribution in [0.15, 0.2) is 53.7 Å². The van der Waals surface area contributed by atoms with Crippen molar-refractivity contribution in [1.29, 1.82) is 0 Å². The monoisotopic (exact) mass is 325 g/mol. The fraction of sp³-hybridized carbons (Fsp3) is 0.118. The molecule has 3 aromatic rings. The molecule has 1 amide bonds. The van der Waals surface area contributed by atoms with Crippen LogP contribution in [-0.2, 0) is 11.4 Å². The van der Waals surface area contributed by atoms with Gasteiger partial charge in [0.15, 0.2) is 0 Å². The maximum atomic E-state index is 12.2. The Labute approximate surface area is 137 Å². The fourth-order valence-electron chi connectivity index (χ4n) is 2.09. The van der Waals surface area contributed by atoms with Crippen LogP contribution in [0, 0.1) is 0 Å². The summed E-state index contributed by atoms with van der Waals surface area (Å²) in [6.45, 7) is 0.422. The van der Waals surface area contributed by atoms with Crippen molar-refractivity contribution in [2.45, 2.75) is 6.54 Å². The molecule has 0 saturated heterocycles. The van der Waals surface area contributed by atoms with Crippen LogP contribution >= 0.6 is 11.3 Å². The molecular formula is C17H15N3O2S. The van der Waals surface area contributed by atoms with E-state index < -0.39 is 0 Å². The fourth-order valence-corrected chi connectivity index (χ4v) is 2.99. The number of amides is 1. The predicted octanol–water partition coefficient (Wildman–Crippen LogP) is 3.21. The normalized spacial score (nSPS) is 11.0. The van der Waals surface area contributed by atoms with Crippen LogP contribution in [0.2, 0.25) is 0 Å². The van der Waals surface area contributed by atoms with E-state index >= 15 is 0 Å². The zero-order valence-corrected chi connectivity index (χ0v) is 13.3. The second-order valence-corrected chi connectivity index (χ2v) is 5.91. The number of nitrogens with zero attached hydrogens (tertiary/aromatic N) is 2. The Bertz CT molecular complexity index is 807. The molecule has 0 aliphatic rings. The van der Waals surface area contributed by atoms with Crippen LogP contribution < -0.4 is 5.32 Å². The highest BCUT2D eigenvalue weighted by atomic mass is 32.1. The lowest BCUT2D eigenvalue weighted by Gasteiger charge is -2.03. The minimum Gasteiger partial charge on any atom is -0.399 e. The highest BCUT2D eigenvalue weighted by Crippen LogP contribution is 2.21. The third-order valence-electron chi connectivity index (χ3n) is 3.22. The first-order valence-corrected chi connectivity index (χ1v) is 7.87. The molecule has 6 heteroatoms.